The van der Waals surface area contributed by atoms with Gasteiger partial charge in [0, 0.05) is 11.8 Å². The Labute approximate surface area is 175 Å². The first kappa shape index (κ1) is 21.3. The number of carbonyl (C=O) groups is 2. The molecule has 1 amide bonds. The predicted molar refractivity (Wildman–Crippen MR) is 110 cm³/mol. The van der Waals surface area contributed by atoms with Crippen molar-refractivity contribution in [3.05, 3.63) is 42.0 Å². The molecule has 0 unspecified atom stereocenters. The molecule has 0 saturated carbocycles. The summed E-state index contributed by atoms with van der Waals surface area (Å²) in [5.41, 5.74) is 0.779. The number of hydrogen-bond donors (Lipinski definition) is 1. The van der Waals surface area contributed by atoms with Crippen LogP contribution in [-0.4, -0.2) is 44.9 Å². The minimum atomic E-state index is -1.01. The van der Waals surface area contributed by atoms with Crippen LogP contribution in [0.1, 0.15) is 30.6 Å². The van der Waals surface area contributed by atoms with E-state index in [1.807, 2.05) is 6.92 Å². The maximum Gasteiger partial charge on any atom is 0.339 e. The molecule has 8 heteroatoms. The fraction of sp³-hybridized carbons (Fsp3) is 0.364. The Bertz CT molecular complexity index is 912. The fourth-order valence-corrected chi connectivity index (χ4v) is 2.77. The molecule has 0 aromatic heterocycles. The quantitative estimate of drug-likeness (QED) is 0.660. The van der Waals surface area contributed by atoms with Crippen LogP contribution in [0, 0.1) is 0 Å². The maximum atomic E-state index is 12.5. The largest absolute Gasteiger partial charge is 0.493 e. The van der Waals surface area contributed by atoms with Gasteiger partial charge in [-0.2, -0.15) is 0 Å². The first-order chi connectivity index (χ1) is 14.5. The summed E-state index contributed by atoms with van der Waals surface area (Å²) in [6.45, 7) is 4.97. The second kappa shape index (κ2) is 9.87. The average molecular weight is 415 g/mol. The van der Waals surface area contributed by atoms with Crippen LogP contribution < -0.4 is 24.3 Å². The molecule has 160 valence electrons. The van der Waals surface area contributed by atoms with Gasteiger partial charge in [-0.15, -0.1) is 0 Å². The van der Waals surface area contributed by atoms with E-state index < -0.39 is 18.0 Å². The van der Waals surface area contributed by atoms with Gasteiger partial charge >= 0.3 is 5.97 Å². The molecule has 0 radical (unpaired) electrons. The van der Waals surface area contributed by atoms with Crippen molar-refractivity contribution in [2.45, 2.75) is 26.4 Å². The van der Waals surface area contributed by atoms with Crippen LogP contribution in [0.4, 0.5) is 5.69 Å². The van der Waals surface area contributed by atoms with Crippen LogP contribution in [0.2, 0.25) is 0 Å². The Balaban J connectivity index is 1.61. The van der Waals surface area contributed by atoms with Crippen LogP contribution in [0.3, 0.4) is 0 Å². The number of carbonyl (C=O) groups excluding carboxylic acids is 2. The molecule has 1 aliphatic rings. The van der Waals surface area contributed by atoms with E-state index in [-0.39, 0.29) is 5.56 Å². The van der Waals surface area contributed by atoms with E-state index in [0.29, 0.717) is 48.5 Å². The molecule has 30 heavy (non-hydrogen) atoms. The lowest BCUT2D eigenvalue weighted by Crippen LogP contribution is -2.30. The number of ether oxygens (including phenoxy) is 5. The molecule has 0 spiro atoms. The Kier molecular flexibility index (Phi) is 7.00. The van der Waals surface area contributed by atoms with Crippen molar-refractivity contribution in [3.8, 4) is 23.0 Å². The molecule has 0 saturated heterocycles. The van der Waals surface area contributed by atoms with E-state index >= 15 is 0 Å². The minimum Gasteiger partial charge on any atom is -0.493 e. The van der Waals surface area contributed by atoms with Gasteiger partial charge in [-0.1, -0.05) is 6.92 Å². The van der Waals surface area contributed by atoms with Crippen molar-refractivity contribution in [1.82, 2.24) is 0 Å². The van der Waals surface area contributed by atoms with Crippen LogP contribution in [0.15, 0.2) is 36.4 Å². The molecule has 3 rings (SSSR count). The number of nitrogens with one attached hydrogen (secondary N) is 1. The average Bonchev–Trinajstić information content (AvgIpc) is 2.77. The number of rotatable bonds is 8. The lowest BCUT2D eigenvalue weighted by molar-refractivity contribution is -0.123. The van der Waals surface area contributed by atoms with E-state index in [1.54, 1.807) is 30.3 Å². The molecule has 8 nitrogen and oxygen atoms in total. The zero-order valence-electron chi connectivity index (χ0n) is 17.2. The number of benzene rings is 2. The van der Waals surface area contributed by atoms with E-state index in [2.05, 4.69) is 5.32 Å². The van der Waals surface area contributed by atoms with Gasteiger partial charge in [0.25, 0.3) is 5.91 Å². The van der Waals surface area contributed by atoms with Gasteiger partial charge in [0.2, 0.25) is 0 Å². The smallest absolute Gasteiger partial charge is 0.339 e. The predicted octanol–water partition coefficient (Wildman–Crippen LogP) is 3.44. The zero-order valence-corrected chi connectivity index (χ0v) is 17.2. The topological polar surface area (TPSA) is 92.3 Å². The van der Waals surface area contributed by atoms with E-state index in [0.717, 1.165) is 6.42 Å². The fourth-order valence-electron chi connectivity index (χ4n) is 2.77. The van der Waals surface area contributed by atoms with Crippen molar-refractivity contribution >= 4 is 17.6 Å². The van der Waals surface area contributed by atoms with Gasteiger partial charge in [0.05, 0.1) is 19.3 Å². The van der Waals surface area contributed by atoms with Gasteiger partial charge < -0.3 is 29.0 Å². The summed E-state index contributed by atoms with van der Waals surface area (Å²) in [5.74, 6) is 1.04. The summed E-state index contributed by atoms with van der Waals surface area (Å²) in [6, 6.07) is 9.82. The third-order valence-corrected chi connectivity index (χ3v) is 4.32. The van der Waals surface area contributed by atoms with Crippen molar-refractivity contribution in [1.29, 1.82) is 0 Å². The van der Waals surface area contributed by atoms with Gasteiger partial charge in [0.15, 0.2) is 29.1 Å². The highest BCUT2D eigenvalue weighted by molar-refractivity contribution is 5.97. The number of methoxy groups -OCH3 is 1. The SMILES string of the molecule is CCCOc1ccc(C(=O)O[C@H](C)C(=O)Nc2ccc3c(c2)OCCO3)cc1OC. The van der Waals surface area contributed by atoms with E-state index in [4.69, 9.17) is 23.7 Å². The van der Waals surface area contributed by atoms with Crippen LogP contribution in [0.5, 0.6) is 23.0 Å². The molecule has 1 atom stereocenters. The molecule has 2 aromatic rings. The summed E-state index contributed by atoms with van der Waals surface area (Å²) in [4.78, 5) is 24.9. The summed E-state index contributed by atoms with van der Waals surface area (Å²) < 4.78 is 27.1. The maximum absolute atomic E-state index is 12.5. The number of hydrogen-bond acceptors (Lipinski definition) is 7. The second-order valence-electron chi connectivity index (χ2n) is 6.61. The third kappa shape index (κ3) is 5.14. The Morgan fingerprint density at radius 1 is 1.07 bits per heavy atom. The molecule has 0 fully saturated rings. The van der Waals surface area contributed by atoms with Crippen LogP contribution >= 0.6 is 0 Å². The third-order valence-electron chi connectivity index (χ3n) is 4.32. The molecule has 1 heterocycles. The van der Waals surface area contributed by atoms with Crippen LogP contribution in [-0.2, 0) is 9.53 Å². The van der Waals surface area contributed by atoms with Gasteiger partial charge in [-0.05, 0) is 43.7 Å². The lowest BCUT2D eigenvalue weighted by Gasteiger charge is -2.19. The molecule has 2 aromatic carbocycles. The highest BCUT2D eigenvalue weighted by atomic mass is 16.6. The summed E-state index contributed by atoms with van der Waals surface area (Å²) in [5, 5.41) is 2.71. The Hall–Kier alpha value is -3.42. The second-order valence-corrected chi connectivity index (χ2v) is 6.61. The molecule has 0 aliphatic carbocycles. The normalized spacial score (nSPS) is 13.2. The number of amides is 1. The van der Waals surface area contributed by atoms with Crippen molar-refractivity contribution < 1.29 is 33.3 Å². The molecule has 0 bridgehead atoms. The Morgan fingerprint density at radius 2 is 1.83 bits per heavy atom. The first-order valence-electron chi connectivity index (χ1n) is 9.74. The highest BCUT2D eigenvalue weighted by Gasteiger charge is 2.21. The summed E-state index contributed by atoms with van der Waals surface area (Å²) in [6.07, 6.45) is -0.157. The monoisotopic (exact) mass is 415 g/mol. The molecule has 1 aliphatic heterocycles. The van der Waals surface area contributed by atoms with Crippen molar-refractivity contribution in [2.75, 3.05) is 32.2 Å². The first-order valence-corrected chi connectivity index (χ1v) is 9.74. The van der Waals surface area contributed by atoms with Crippen molar-refractivity contribution in [2.24, 2.45) is 0 Å². The number of anilines is 1. The minimum absolute atomic E-state index is 0.259. The van der Waals surface area contributed by atoms with Gasteiger partial charge in [0.1, 0.15) is 13.2 Å². The number of esters is 1. The van der Waals surface area contributed by atoms with Crippen molar-refractivity contribution in [3.63, 3.8) is 0 Å². The molecular weight excluding hydrogens is 390 g/mol. The van der Waals surface area contributed by atoms with Gasteiger partial charge in [-0.3, -0.25) is 4.79 Å². The lowest BCUT2D eigenvalue weighted by atomic mass is 10.2. The van der Waals surface area contributed by atoms with E-state index in [1.165, 1.54) is 20.1 Å². The molecule has 1 N–H and O–H groups in total. The van der Waals surface area contributed by atoms with E-state index in [9.17, 15) is 9.59 Å². The standard InChI is InChI=1S/C22H25NO7/c1-4-9-27-17-7-5-15(12-19(17)26-3)22(25)30-14(2)21(24)23-16-6-8-18-20(13-16)29-11-10-28-18/h5-8,12-14H,4,9-11H2,1-3H3,(H,23,24)/t14-/m1/s1. The zero-order chi connectivity index (χ0) is 21.5. The number of fused-ring (bicyclic) bond motifs is 1. The van der Waals surface area contributed by atoms with Gasteiger partial charge in [-0.25, -0.2) is 4.79 Å². The van der Waals surface area contributed by atoms with Crippen LogP contribution in [0.25, 0.3) is 0 Å². The molecular formula is C22H25NO7. The summed E-state index contributed by atoms with van der Waals surface area (Å²) >= 11 is 0. The summed E-state index contributed by atoms with van der Waals surface area (Å²) in [7, 11) is 1.49. The highest BCUT2D eigenvalue weighted by Crippen LogP contribution is 2.32. The Morgan fingerprint density at radius 3 is 2.57 bits per heavy atom.